The second-order valence-electron chi connectivity index (χ2n) is 4.86. The summed E-state index contributed by atoms with van der Waals surface area (Å²) in [4.78, 5) is 13.9. The van der Waals surface area contributed by atoms with Crippen molar-refractivity contribution in [2.45, 2.75) is 58.4 Å². The van der Waals surface area contributed by atoms with Crippen molar-refractivity contribution in [3.8, 4) is 0 Å². The topological polar surface area (TPSA) is 32.3 Å². The first-order valence-corrected chi connectivity index (χ1v) is 6.75. The van der Waals surface area contributed by atoms with Crippen LogP contribution in [0.4, 0.5) is 0 Å². The van der Waals surface area contributed by atoms with E-state index in [0.717, 1.165) is 32.5 Å². The van der Waals surface area contributed by atoms with Crippen molar-refractivity contribution in [2.75, 3.05) is 19.6 Å². The maximum atomic E-state index is 11.9. The molecule has 94 valence electrons. The Morgan fingerprint density at radius 2 is 2.06 bits per heavy atom. The molecule has 0 aromatic rings. The highest BCUT2D eigenvalue weighted by molar-refractivity contribution is 5.76. The number of unbranched alkanes of at least 4 members (excludes halogenated alkanes) is 4. The minimum absolute atomic E-state index is 0.352. The minimum Gasteiger partial charge on any atom is -0.340 e. The predicted octanol–water partition coefficient (Wildman–Crippen LogP) is 2.17. The van der Waals surface area contributed by atoms with Gasteiger partial charge in [0.25, 0.3) is 0 Å². The normalized spacial score (nSPS) is 21.1. The Kier molecular flexibility index (Phi) is 6.46. The highest BCUT2D eigenvalue weighted by Crippen LogP contribution is 2.08. The molecule has 1 fully saturated rings. The highest BCUT2D eigenvalue weighted by atomic mass is 16.2. The van der Waals surface area contributed by atoms with Gasteiger partial charge in [0.2, 0.25) is 5.91 Å². The van der Waals surface area contributed by atoms with Gasteiger partial charge in [0, 0.05) is 32.1 Å². The number of rotatable bonds is 6. The lowest BCUT2D eigenvalue weighted by atomic mass is 10.1. The molecule has 0 spiro atoms. The quantitative estimate of drug-likeness (QED) is 0.704. The van der Waals surface area contributed by atoms with Crippen LogP contribution in [-0.2, 0) is 4.79 Å². The summed E-state index contributed by atoms with van der Waals surface area (Å²) >= 11 is 0. The van der Waals surface area contributed by atoms with E-state index >= 15 is 0 Å². The summed E-state index contributed by atoms with van der Waals surface area (Å²) < 4.78 is 0. The molecule has 1 aliphatic rings. The Morgan fingerprint density at radius 1 is 1.31 bits per heavy atom. The van der Waals surface area contributed by atoms with E-state index in [-0.39, 0.29) is 0 Å². The number of nitrogens with zero attached hydrogens (tertiary/aromatic N) is 1. The van der Waals surface area contributed by atoms with Gasteiger partial charge in [0.15, 0.2) is 0 Å². The van der Waals surface area contributed by atoms with Gasteiger partial charge in [0.1, 0.15) is 0 Å². The van der Waals surface area contributed by atoms with Crippen molar-refractivity contribution >= 4 is 5.91 Å². The zero-order valence-electron chi connectivity index (χ0n) is 10.8. The molecule has 3 heteroatoms. The van der Waals surface area contributed by atoms with Crippen LogP contribution in [-0.4, -0.2) is 36.5 Å². The number of hydrogen-bond donors (Lipinski definition) is 1. The number of carbonyl (C=O) groups is 1. The van der Waals surface area contributed by atoms with Crippen molar-refractivity contribution < 1.29 is 4.79 Å². The Morgan fingerprint density at radius 3 is 2.75 bits per heavy atom. The van der Waals surface area contributed by atoms with E-state index < -0.39 is 0 Å². The van der Waals surface area contributed by atoms with Crippen LogP contribution in [0.15, 0.2) is 0 Å². The van der Waals surface area contributed by atoms with Crippen LogP contribution in [0.5, 0.6) is 0 Å². The van der Waals surface area contributed by atoms with Gasteiger partial charge in [-0.25, -0.2) is 0 Å². The Bertz CT molecular complexity index is 206. The molecule has 1 N–H and O–H groups in total. The second-order valence-corrected chi connectivity index (χ2v) is 4.86. The standard InChI is InChI=1S/C13H26N2O/c1-3-4-5-6-7-8-13(16)15-10-9-14-12(2)11-15/h12,14H,3-11H2,1-2H3/t12-/m0/s1. The molecule has 1 rings (SSSR count). The molecule has 0 radical (unpaired) electrons. The monoisotopic (exact) mass is 226 g/mol. The Labute approximate surface area is 99.6 Å². The fraction of sp³-hybridized carbons (Fsp3) is 0.923. The average molecular weight is 226 g/mol. The van der Waals surface area contributed by atoms with Gasteiger partial charge in [-0.3, -0.25) is 4.79 Å². The number of nitrogens with one attached hydrogen (secondary N) is 1. The van der Waals surface area contributed by atoms with E-state index in [9.17, 15) is 4.79 Å². The smallest absolute Gasteiger partial charge is 0.222 e. The number of hydrogen-bond acceptors (Lipinski definition) is 2. The second kappa shape index (κ2) is 7.66. The van der Waals surface area contributed by atoms with E-state index in [1.165, 1.54) is 25.7 Å². The maximum absolute atomic E-state index is 11.9. The lowest BCUT2D eigenvalue weighted by Gasteiger charge is -2.32. The molecule has 0 aromatic heterocycles. The van der Waals surface area contributed by atoms with Gasteiger partial charge in [-0.2, -0.15) is 0 Å². The van der Waals surface area contributed by atoms with Gasteiger partial charge in [-0.15, -0.1) is 0 Å². The van der Waals surface area contributed by atoms with Gasteiger partial charge in [0.05, 0.1) is 0 Å². The first-order valence-electron chi connectivity index (χ1n) is 6.75. The summed E-state index contributed by atoms with van der Waals surface area (Å²) in [6.45, 7) is 7.07. The molecule has 0 aliphatic carbocycles. The van der Waals surface area contributed by atoms with Crippen molar-refractivity contribution in [2.24, 2.45) is 0 Å². The molecule has 1 amide bonds. The third-order valence-corrected chi connectivity index (χ3v) is 3.22. The predicted molar refractivity (Wildman–Crippen MR) is 67.4 cm³/mol. The molecule has 1 heterocycles. The van der Waals surface area contributed by atoms with E-state index in [4.69, 9.17) is 0 Å². The number of carbonyl (C=O) groups excluding carboxylic acids is 1. The molecule has 16 heavy (non-hydrogen) atoms. The van der Waals surface area contributed by atoms with Gasteiger partial charge in [-0.05, 0) is 13.3 Å². The van der Waals surface area contributed by atoms with Crippen LogP contribution in [0.25, 0.3) is 0 Å². The zero-order chi connectivity index (χ0) is 11.8. The molecule has 0 unspecified atom stereocenters. The van der Waals surface area contributed by atoms with Crippen LogP contribution in [0.1, 0.15) is 52.4 Å². The third-order valence-electron chi connectivity index (χ3n) is 3.22. The maximum Gasteiger partial charge on any atom is 0.222 e. The molecular weight excluding hydrogens is 200 g/mol. The molecule has 1 aliphatic heterocycles. The fourth-order valence-corrected chi connectivity index (χ4v) is 2.20. The molecule has 1 saturated heterocycles. The minimum atomic E-state index is 0.352. The molecule has 3 nitrogen and oxygen atoms in total. The summed E-state index contributed by atoms with van der Waals surface area (Å²) in [6, 6.07) is 0.456. The SMILES string of the molecule is CCCCCCCC(=O)N1CCN[C@@H](C)C1. The lowest BCUT2D eigenvalue weighted by Crippen LogP contribution is -2.51. The molecule has 0 bridgehead atoms. The third kappa shape index (κ3) is 4.97. The van der Waals surface area contributed by atoms with Crippen molar-refractivity contribution in [1.29, 1.82) is 0 Å². The summed E-state index contributed by atoms with van der Waals surface area (Å²) in [6.07, 6.45) is 6.87. The van der Waals surface area contributed by atoms with E-state index in [1.807, 2.05) is 4.90 Å². The molecule has 0 saturated carbocycles. The van der Waals surface area contributed by atoms with Crippen LogP contribution < -0.4 is 5.32 Å². The van der Waals surface area contributed by atoms with Crippen LogP contribution in [0.3, 0.4) is 0 Å². The average Bonchev–Trinajstić information content (AvgIpc) is 2.28. The van der Waals surface area contributed by atoms with Crippen molar-refractivity contribution in [3.63, 3.8) is 0 Å². The largest absolute Gasteiger partial charge is 0.340 e. The summed E-state index contributed by atoms with van der Waals surface area (Å²) in [5, 5.41) is 3.36. The summed E-state index contributed by atoms with van der Waals surface area (Å²) in [5.41, 5.74) is 0. The molecule has 1 atom stereocenters. The lowest BCUT2D eigenvalue weighted by molar-refractivity contribution is -0.132. The molecular formula is C13H26N2O. The Balaban J connectivity index is 2.09. The van der Waals surface area contributed by atoms with Gasteiger partial charge >= 0.3 is 0 Å². The number of piperazine rings is 1. The van der Waals surface area contributed by atoms with Crippen LogP contribution in [0.2, 0.25) is 0 Å². The van der Waals surface area contributed by atoms with Crippen molar-refractivity contribution in [3.05, 3.63) is 0 Å². The Hall–Kier alpha value is -0.570. The van der Waals surface area contributed by atoms with E-state index in [0.29, 0.717) is 11.9 Å². The van der Waals surface area contributed by atoms with Crippen molar-refractivity contribution in [1.82, 2.24) is 10.2 Å². The zero-order valence-corrected chi connectivity index (χ0v) is 10.8. The van der Waals surface area contributed by atoms with E-state index in [2.05, 4.69) is 19.2 Å². The van der Waals surface area contributed by atoms with Crippen LogP contribution >= 0.6 is 0 Å². The summed E-state index contributed by atoms with van der Waals surface area (Å²) in [7, 11) is 0. The van der Waals surface area contributed by atoms with Crippen LogP contribution in [0, 0.1) is 0 Å². The number of amides is 1. The van der Waals surface area contributed by atoms with Gasteiger partial charge < -0.3 is 10.2 Å². The first-order chi connectivity index (χ1) is 7.74. The molecule has 0 aromatic carbocycles. The first kappa shape index (κ1) is 13.5. The summed E-state index contributed by atoms with van der Waals surface area (Å²) in [5.74, 6) is 0.352. The fourth-order valence-electron chi connectivity index (χ4n) is 2.20. The highest BCUT2D eigenvalue weighted by Gasteiger charge is 2.19. The van der Waals surface area contributed by atoms with E-state index in [1.54, 1.807) is 0 Å². The van der Waals surface area contributed by atoms with Gasteiger partial charge in [-0.1, -0.05) is 32.6 Å².